The highest BCUT2D eigenvalue weighted by Crippen LogP contribution is 2.18. The fourth-order valence-corrected chi connectivity index (χ4v) is 3.28. The number of rotatable bonds is 11. The van der Waals surface area contributed by atoms with Crippen molar-refractivity contribution in [2.75, 3.05) is 0 Å². The van der Waals surface area contributed by atoms with Crippen LogP contribution in [0.4, 0.5) is 0 Å². The van der Waals surface area contributed by atoms with Gasteiger partial charge in [-0.3, -0.25) is 4.79 Å². The number of para-hydroxylation sites is 1. The number of carbonyl (C=O) groups is 1. The number of aromatic nitrogens is 1. The number of nitrogens with one attached hydrogen (secondary N) is 2. The van der Waals surface area contributed by atoms with Crippen molar-refractivity contribution in [1.29, 1.82) is 0 Å². The molecular weight excluding hydrogens is 310 g/mol. The Morgan fingerprint density at radius 3 is 2.68 bits per heavy atom. The maximum absolute atomic E-state index is 12.3. The molecule has 4 nitrogen and oxygen atoms in total. The monoisotopic (exact) mass is 343 g/mol. The van der Waals surface area contributed by atoms with E-state index in [1.165, 1.54) is 38.5 Å². The van der Waals surface area contributed by atoms with Gasteiger partial charge in [-0.1, -0.05) is 63.6 Å². The highest BCUT2D eigenvalue weighted by Gasteiger charge is 2.17. The van der Waals surface area contributed by atoms with Crippen molar-refractivity contribution in [2.45, 2.75) is 77.3 Å². The number of unbranched alkanes of at least 4 members (excludes halogenated alkanes) is 5. The molecule has 0 aliphatic rings. The van der Waals surface area contributed by atoms with Gasteiger partial charge in [-0.2, -0.15) is 0 Å². The lowest BCUT2D eigenvalue weighted by Gasteiger charge is -2.17. The largest absolute Gasteiger partial charge is 0.361 e. The summed E-state index contributed by atoms with van der Waals surface area (Å²) in [5, 5.41) is 4.21. The standard InChI is InChI=1S/C21H33N3O/c1-3-4-5-6-7-8-11-16(2)24-21(25)19(22)14-17-15-23-20-13-10-9-12-18(17)20/h9-10,12-13,15-16,19,23H,3-8,11,14,22H2,1-2H3,(H,24,25). The molecule has 25 heavy (non-hydrogen) atoms. The van der Waals surface area contributed by atoms with Gasteiger partial charge in [0.2, 0.25) is 5.91 Å². The molecule has 0 bridgehead atoms. The molecule has 1 aromatic carbocycles. The molecule has 2 atom stereocenters. The Labute approximate surface area is 151 Å². The van der Waals surface area contributed by atoms with Gasteiger partial charge in [0.1, 0.15) is 0 Å². The SMILES string of the molecule is CCCCCCCCC(C)NC(=O)C(N)Cc1c[nH]c2ccccc12. The van der Waals surface area contributed by atoms with Crippen LogP contribution in [0.15, 0.2) is 30.5 Å². The number of fused-ring (bicyclic) bond motifs is 1. The first-order valence-electron chi connectivity index (χ1n) is 9.72. The first-order chi connectivity index (χ1) is 12.1. The molecule has 1 aromatic heterocycles. The summed E-state index contributed by atoms with van der Waals surface area (Å²) in [6.45, 7) is 4.31. The maximum atomic E-state index is 12.3. The second-order valence-corrected chi connectivity index (χ2v) is 7.14. The van der Waals surface area contributed by atoms with Gasteiger partial charge >= 0.3 is 0 Å². The van der Waals surface area contributed by atoms with Gasteiger partial charge in [0.15, 0.2) is 0 Å². The molecule has 138 valence electrons. The third-order valence-corrected chi connectivity index (χ3v) is 4.83. The zero-order chi connectivity index (χ0) is 18.1. The Hall–Kier alpha value is -1.81. The summed E-state index contributed by atoms with van der Waals surface area (Å²) in [4.78, 5) is 15.6. The minimum atomic E-state index is -0.508. The van der Waals surface area contributed by atoms with Gasteiger partial charge < -0.3 is 16.0 Å². The average molecular weight is 344 g/mol. The second-order valence-electron chi connectivity index (χ2n) is 7.14. The summed E-state index contributed by atoms with van der Waals surface area (Å²) in [5.41, 5.74) is 8.32. The number of hydrogen-bond acceptors (Lipinski definition) is 2. The van der Waals surface area contributed by atoms with Crippen LogP contribution in [-0.2, 0) is 11.2 Å². The summed E-state index contributed by atoms with van der Waals surface area (Å²) < 4.78 is 0. The summed E-state index contributed by atoms with van der Waals surface area (Å²) in [6, 6.07) is 7.78. The van der Waals surface area contributed by atoms with Crippen LogP contribution < -0.4 is 11.1 Å². The molecule has 0 fully saturated rings. The van der Waals surface area contributed by atoms with Gasteiger partial charge in [-0.25, -0.2) is 0 Å². The Morgan fingerprint density at radius 1 is 1.16 bits per heavy atom. The number of nitrogens with two attached hydrogens (primary N) is 1. The lowest BCUT2D eigenvalue weighted by molar-refractivity contribution is -0.123. The molecule has 1 heterocycles. The molecule has 2 rings (SSSR count). The van der Waals surface area contributed by atoms with E-state index >= 15 is 0 Å². The zero-order valence-electron chi connectivity index (χ0n) is 15.7. The smallest absolute Gasteiger partial charge is 0.237 e. The average Bonchev–Trinajstić information content (AvgIpc) is 3.01. The predicted octanol–water partition coefficient (Wildman–Crippen LogP) is 4.29. The van der Waals surface area contributed by atoms with Gasteiger partial charge in [0, 0.05) is 23.1 Å². The van der Waals surface area contributed by atoms with E-state index in [9.17, 15) is 4.79 Å². The molecule has 0 aliphatic heterocycles. The highest BCUT2D eigenvalue weighted by atomic mass is 16.2. The lowest BCUT2D eigenvalue weighted by Crippen LogP contribution is -2.45. The van der Waals surface area contributed by atoms with E-state index in [-0.39, 0.29) is 11.9 Å². The van der Waals surface area contributed by atoms with Gasteiger partial charge in [0.25, 0.3) is 0 Å². The maximum Gasteiger partial charge on any atom is 0.237 e. The molecule has 4 heteroatoms. The first-order valence-corrected chi connectivity index (χ1v) is 9.72. The van der Waals surface area contributed by atoms with Gasteiger partial charge in [0.05, 0.1) is 6.04 Å². The van der Waals surface area contributed by atoms with Crippen molar-refractivity contribution in [2.24, 2.45) is 5.73 Å². The summed E-state index contributed by atoms with van der Waals surface area (Å²) in [5.74, 6) is -0.0521. The molecule has 0 aliphatic carbocycles. The van der Waals surface area contributed by atoms with Crippen LogP contribution >= 0.6 is 0 Å². The van der Waals surface area contributed by atoms with Crippen molar-refractivity contribution >= 4 is 16.8 Å². The van der Waals surface area contributed by atoms with E-state index in [2.05, 4.69) is 30.2 Å². The molecule has 1 amide bonds. The fourth-order valence-electron chi connectivity index (χ4n) is 3.28. The van der Waals surface area contributed by atoms with Crippen LogP contribution in [0.25, 0.3) is 10.9 Å². The zero-order valence-corrected chi connectivity index (χ0v) is 15.7. The summed E-state index contributed by atoms with van der Waals surface area (Å²) >= 11 is 0. The molecule has 0 saturated heterocycles. The Kier molecular flexibility index (Phi) is 7.99. The van der Waals surface area contributed by atoms with Crippen LogP contribution in [0, 0.1) is 0 Å². The van der Waals surface area contributed by atoms with E-state index in [1.54, 1.807) is 0 Å². The van der Waals surface area contributed by atoms with Crippen molar-refractivity contribution in [3.63, 3.8) is 0 Å². The number of H-pyrrole nitrogens is 1. The van der Waals surface area contributed by atoms with Crippen molar-refractivity contribution in [1.82, 2.24) is 10.3 Å². The van der Waals surface area contributed by atoms with E-state index in [4.69, 9.17) is 5.73 Å². The fraction of sp³-hybridized carbons (Fsp3) is 0.571. The van der Waals surface area contributed by atoms with Crippen LogP contribution in [0.5, 0.6) is 0 Å². The normalized spacial score (nSPS) is 13.7. The highest BCUT2D eigenvalue weighted by molar-refractivity contribution is 5.86. The summed E-state index contributed by atoms with van der Waals surface area (Å²) in [6.07, 6.45) is 11.2. The molecule has 0 saturated carbocycles. The quantitative estimate of drug-likeness (QED) is 0.533. The molecule has 0 spiro atoms. The lowest BCUT2D eigenvalue weighted by atomic mass is 10.0. The van der Waals surface area contributed by atoms with E-state index < -0.39 is 6.04 Å². The van der Waals surface area contributed by atoms with Gasteiger partial charge in [-0.05, 0) is 31.4 Å². The Bertz CT molecular complexity index is 649. The van der Waals surface area contributed by atoms with Crippen LogP contribution in [-0.4, -0.2) is 23.0 Å². The minimum absolute atomic E-state index is 0.0521. The Morgan fingerprint density at radius 2 is 1.88 bits per heavy atom. The van der Waals surface area contributed by atoms with Crippen LogP contribution in [0.3, 0.4) is 0 Å². The molecule has 2 unspecified atom stereocenters. The van der Waals surface area contributed by atoms with E-state index in [0.717, 1.165) is 22.9 Å². The second kappa shape index (κ2) is 10.2. The third kappa shape index (κ3) is 6.20. The number of hydrogen-bond donors (Lipinski definition) is 3. The summed E-state index contributed by atoms with van der Waals surface area (Å²) in [7, 11) is 0. The Balaban J connectivity index is 1.72. The van der Waals surface area contributed by atoms with Crippen LogP contribution in [0.1, 0.15) is 64.4 Å². The molecule has 0 radical (unpaired) electrons. The molecule has 4 N–H and O–H groups in total. The number of benzene rings is 1. The van der Waals surface area contributed by atoms with E-state index in [0.29, 0.717) is 6.42 Å². The molecular formula is C21H33N3O. The minimum Gasteiger partial charge on any atom is -0.361 e. The van der Waals surface area contributed by atoms with Crippen molar-refractivity contribution < 1.29 is 4.79 Å². The third-order valence-electron chi connectivity index (χ3n) is 4.83. The van der Waals surface area contributed by atoms with Gasteiger partial charge in [-0.15, -0.1) is 0 Å². The number of amides is 1. The van der Waals surface area contributed by atoms with Crippen LogP contribution in [0.2, 0.25) is 0 Å². The van der Waals surface area contributed by atoms with Crippen molar-refractivity contribution in [3.8, 4) is 0 Å². The van der Waals surface area contributed by atoms with E-state index in [1.807, 2.05) is 24.4 Å². The predicted molar refractivity (Wildman–Crippen MR) is 106 cm³/mol. The first kappa shape index (κ1) is 19.5. The topological polar surface area (TPSA) is 70.9 Å². The van der Waals surface area contributed by atoms with Crippen molar-refractivity contribution in [3.05, 3.63) is 36.0 Å². The molecule has 2 aromatic rings. The number of aromatic amines is 1. The number of carbonyl (C=O) groups excluding carboxylic acids is 1.